The van der Waals surface area contributed by atoms with E-state index in [-0.39, 0.29) is 17.2 Å². The van der Waals surface area contributed by atoms with Crippen molar-refractivity contribution in [2.24, 2.45) is 0 Å². The molecule has 0 heterocycles. The first-order valence-corrected chi connectivity index (χ1v) is 8.74. The number of carbonyl (C=O) groups is 2. The summed E-state index contributed by atoms with van der Waals surface area (Å²) in [6, 6.07) is 18.7. The van der Waals surface area contributed by atoms with Crippen LogP contribution in [0.25, 0.3) is 16.3 Å². The minimum Gasteiger partial charge on any atom is -0.478 e. The number of amides is 1. The molecule has 0 unspecified atom stereocenters. The van der Waals surface area contributed by atoms with Crippen LogP contribution < -0.4 is 5.32 Å². The number of hydrogen-bond acceptors (Lipinski definition) is 2. The number of hydrogen-bond donors (Lipinski definition) is 2. The van der Waals surface area contributed by atoms with Crippen molar-refractivity contribution in [3.63, 3.8) is 0 Å². The van der Waals surface area contributed by atoms with Gasteiger partial charge in [-0.1, -0.05) is 52.3 Å². The summed E-state index contributed by atoms with van der Waals surface area (Å²) in [4.78, 5) is 23.7. The standard InChI is InChI=1S/C21H16BrNO3/c1-13(15-7-6-14-4-2-3-5-16(14)11-15)10-20(24)23-19-9-8-17(22)12-18(19)21(25)26/h2-12H,1H3,(H,23,24)(H,25,26). The van der Waals surface area contributed by atoms with E-state index >= 15 is 0 Å². The lowest BCUT2D eigenvalue weighted by Crippen LogP contribution is -2.12. The Balaban J connectivity index is 1.85. The summed E-state index contributed by atoms with van der Waals surface area (Å²) >= 11 is 3.23. The van der Waals surface area contributed by atoms with E-state index in [9.17, 15) is 14.7 Å². The van der Waals surface area contributed by atoms with Crippen LogP contribution in [0.5, 0.6) is 0 Å². The zero-order chi connectivity index (χ0) is 18.7. The van der Waals surface area contributed by atoms with E-state index in [1.165, 1.54) is 12.1 Å². The number of fused-ring (bicyclic) bond motifs is 1. The lowest BCUT2D eigenvalue weighted by molar-refractivity contribution is -0.111. The molecule has 0 bridgehead atoms. The Hall–Kier alpha value is -2.92. The van der Waals surface area contributed by atoms with Crippen molar-refractivity contribution in [2.45, 2.75) is 6.92 Å². The zero-order valence-electron chi connectivity index (χ0n) is 14.0. The molecule has 3 rings (SSSR count). The molecule has 4 nitrogen and oxygen atoms in total. The topological polar surface area (TPSA) is 66.4 Å². The van der Waals surface area contributed by atoms with Gasteiger partial charge < -0.3 is 10.4 Å². The molecule has 1 amide bonds. The SMILES string of the molecule is CC(=CC(=O)Nc1ccc(Br)cc1C(=O)O)c1ccc2ccccc2c1. The molecule has 0 fully saturated rings. The number of halogens is 1. The third-order valence-corrected chi connectivity index (χ3v) is 4.52. The first kappa shape index (κ1) is 17.9. The fourth-order valence-electron chi connectivity index (χ4n) is 2.69. The highest BCUT2D eigenvalue weighted by Crippen LogP contribution is 2.23. The van der Waals surface area contributed by atoms with Crippen LogP contribution in [0.4, 0.5) is 5.69 Å². The Bertz CT molecular complexity index is 1040. The maximum atomic E-state index is 12.3. The van der Waals surface area contributed by atoms with Crippen LogP contribution in [0.3, 0.4) is 0 Å². The second kappa shape index (κ2) is 7.54. The zero-order valence-corrected chi connectivity index (χ0v) is 15.6. The van der Waals surface area contributed by atoms with Crippen LogP contribution in [-0.4, -0.2) is 17.0 Å². The number of carbonyl (C=O) groups excluding carboxylic acids is 1. The Labute approximate surface area is 159 Å². The summed E-state index contributed by atoms with van der Waals surface area (Å²) in [5.74, 6) is -1.47. The molecule has 0 aliphatic carbocycles. The molecule has 0 aromatic heterocycles. The number of anilines is 1. The van der Waals surface area contributed by atoms with Crippen LogP contribution in [-0.2, 0) is 4.79 Å². The molecule has 26 heavy (non-hydrogen) atoms. The third kappa shape index (κ3) is 4.00. The second-order valence-electron chi connectivity index (χ2n) is 5.87. The summed E-state index contributed by atoms with van der Waals surface area (Å²) in [6.07, 6.45) is 1.47. The van der Waals surface area contributed by atoms with Crippen molar-refractivity contribution in [2.75, 3.05) is 5.32 Å². The molecule has 130 valence electrons. The monoisotopic (exact) mass is 409 g/mol. The Morgan fingerprint density at radius 3 is 2.46 bits per heavy atom. The van der Waals surface area contributed by atoms with Gasteiger partial charge in [0, 0.05) is 10.5 Å². The van der Waals surface area contributed by atoms with E-state index in [0.29, 0.717) is 4.47 Å². The predicted molar refractivity (Wildman–Crippen MR) is 107 cm³/mol. The van der Waals surface area contributed by atoms with Crippen molar-refractivity contribution >= 4 is 49.8 Å². The van der Waals surface area contributed by atoms with Crippen molar-refractivity contribution in [1.82, 2.24) is 0 Å². The minimum absolute atomic E-state index is 0.0319. The number of nitrogens with one attached hydrogen (secondary N) is 1. The number of rotatable bonds is 4. The van der Waals surface area contributed by atoms with Gasteiger partial charge in [-0.2, -0.15) is 0 Å². The third-order valence-electron chi connectivity index (χ3n) is 4.02. The lowest BCUT2D eigenvalue weighted by atomic mass is 10.0. The highest BCUT2D eigenvalue weighted by atomic mass is 79.9. The van der Waals surface area contributed by atoms with Crippen molar-refractivity contribution in [1.29, 1.82) is 0 Å². The highest BCUT2D eigenvalue weighted by molar-refractivity contribution is 9.10. The molecule has 5 heteroatoms. The molecule has 0 radical (unpaired) electrons. The van der Waals surface area contributed by atoms with E-state index in [4.69, 9.17) is 0 Å². The second-order valence-corrected chi connectivity index (χ2v) is 6.79. The molecule has 2 N–H and O–H groups in total. The van der Waals surface area contributed by atoms with Gasteiger partial charge in [-0.3, -0.25) is 4.79 Å². The number of benzene rings is 3. The van der Waals surface area contributed by atoms with E-state index in [1.807, 2.05) is 49.4 Å². The van der Waals surface area contributed by atoms with Crippen molar-refractivity contribution in [3.05, 3.63) is 82.3 Å². The summed E-state index contributed by atoms with van der Waals surface area (Å²) in [7, 11) is 0. The highest BCUT2D eigenvalue weighted by Gasteiger charge is 2.12. The van der Waals surface area contributed by atoms with Crippen LogP contribution in [0.15, 0.2) is 71.2 Å². The van der Waals surface area contributed by atoms with Gasteiger partial charge in [0.1, 0.15) is 0 Å². The average Bonchev–Trinajstić information content (AvgIpc) is 2.62. The van der Waals surface area contributed by atoms with Crippen LogP contribution in [0, 0.1) is 0 Å². The van der Waals surface area contributed by atoms with E-state index in [1.54, 1.807) is 12.1 Å². The van der Waals surface area contributed by atoms with Gasteiger partial charge in [0.25, 0.3) is 0 Å². The van der Waals surface area contributed by atoms with E-state index in [0.717, 1.165) is 21.9 Å². The minimum atomic E-state index is -1.10. The molecule has 0 aliphatic rings. The Morgan fingerprint density at radius 1 is 1.00 bits per heavy atom. The summed E-state index contributed by atoms with van der Waals surface area (Å²) in [6.45, 7) is 1.85. The first-order valence-electron chi connectivity index (χ1n) is 7.95. The first-order chi connectivity index (χ1) is 12.4. The molecular formula is C21H16BrNO3. The maximum absolute atomic E-state index is 12.3. The predicted octanol–water partition coefficient (Wildman–Crippen LogP) is 5.34. The average molecular weight is 410 g/mol. The van der Waals surface area contributed by atoms with Crippen molar-refractivity contribution < 1.29 is 14.7 Å². The molecule has 0 saturated heterocycles. The van der Waals surface area contributed by atoms with Gasteiger partial charge in [0.15, 0.2) is 0 Å². The van der Waals surface area contributed by atoms with Gasteiger partial charge in [0.2, 0.25) is 5.91 Å². The fourth-order valence-corrected chi connectivity index (χ4v) is 3.05. The molecule has 0 aliphatic heterocycles. The maximum Gasteiger partial charge on any atom is 0.337 e. The van der Waals surface area contributed by atoms with Gasteiger partial charge in [-0.25, -0.2) is 4.79 Å². The van der Waals surface area contributed by atoms with E-state index < -0.39 is 5.97 Å². The van der Waals surface area contributed by atoms with Gasteiger partial charge in [-0.15, -0.1) is 0 Å². The van der Waals surface area contributed by atoms with Crippen LogP contribution in [0.2, 0.25) is 0 Å². The Kier molecular flexibility index (Phi) is 5.19. The smallest absolute Gasteiger partial charge is 0.337 e. The number of allylic oxidation sites excluding steroid dienone is 1. The Morgan fingerprint density at radius 2 is 1.73 bits per heavy atom. The quantitative estimate of drug-likeness (QED) is 0.571. The molecule has 0 atom stereocenters. The molecule has 3 aromatic carbocycles. The number of carboxylic acids is 1. The van der Waals surface area contributed by atoms with Crippen LogP contribution >= 0.6 is 15.9 Å². The van der Waals surface area contributed by atoms with E-state index in [2.05, 4.69) is 21.2 Å². The molecular weight excluding hydrogens is 394 g/mol. The summed E-state index contributed by atoms with van der Waals surface area (Å²) < 4.78 is 0.635. The summed E-state index contributed by atoms with van der Waals surface area (Å²) in [5, 5.41) is 14.1. The summed E-state index contributed by atoms with van der Waals surface area (Å²) in [5.41, 5.74) is 2.02. The largest absolute Gasteiger partial charge is 0.478 e. The van der Waals surface area contributed by atoms with Crippen molar-refractivity contribution in [3.8, 4) is 0 Å². The molecule has 0 saturated carbocycles. The fraction of sp³-hybridized carbons (Fsp3) is 0.0476. The van der Waals surface area contributed by atoms with Crippen LogP contribution in [0.1, 0.15) is 22.8 Å². The number of aromatic carboxylic acids is 1. The molecule has 3 aromatic rings. The normalized spacial score (nSPS) is 11.4. The van der Waals surface area contributed by atoms with Gasteiger partial charge in [0.05, 0.1) is 11.3 Å². The molecule has 0 spiro atoms. The lowest BCUT2D eigenvalue weighted by Gasteiger charge is -2.08. The van der Waals surface area contributed by atoms with Gasteiger partial charge >= 0.3 is 5.97 Å². The van der Waals surface area contributed by atoms with Gasteiger partial charge in [-0.05, 0) is 53.1 Å². The number of carboxylic acid groups (broad SMARTS) is 1.